The van der Waals surface area contributed by atoms with Crippen molar-refractivity contribution >= 4 is 10.0 Å². The van der Waals surface area contributed by atoms with Crippen LogP contribution in [0.5, 0.6) is 0 Å². The average Bonchev–Trinajstić information content (AvgIpc) is 2.48. The molecule has 2 atom stereocenters. The van der Waals surface area contributed by atoms with Gasteiger partial charge in [0, 0.05) is 18.6 Å². The highest BCUT2D eigenvalue weighted by Crippen LogP contribution is 2.28. The number of benzene rings is 1. The van der Waals surface area contributed by atoms with Crippen LogP contribution in [0.4, 0.5) is 0 Å². The summed E-state index contributed by atoms with van der Waals surface area (Å²) in [5, 5.41) is 0. The summed E-state index contributed by atoms with van der Waals surface area (Å²) in [7, 11) is -3.44. The minimum absolute atomic E-state index is 0.0469. The van der Waals surface area contributed by atoms with Crippen molar-refractivity contribution in [3.8, 4) is 0 Å². The van der Waals surface area contributed by atoms with E-state index in [1.807, 2.05) is 6.92 Å². The predicted molar refractivity (Wildman–Crippen MR) is 82.3 cm³/mol. The normalized spacial score (nSPS) is 30.3. The van der Waals surface area contributed by atoms with Gasteiger partial charge in [0.2, 0.25) is 10.0 Å². The van der Waals surface area contributed by atoms with Gasteiger partial charge in [0.25, 0.3) is 0 Å². The Hall–Kier alpha value is -0.950. The summed E-state index contributed by atoms with van der Waals surface area (Å²) in [6.07, 6.45) is 2.19. The fraction of sp³-hybridized carbons (Fsp3) is 0.600. The molecule has 3 heterocycles. The molecule has 3 aliphatic heterocycles. The van der Waals surface area contributed by atoms with Gasteiger partial charge in [0.15, 0.2) is 0 Å². The molecule has 0 aliphatic carbocycles. The van der Waals surface area contributed by atoms with E-state index in [1.54, 1.807) is 24.3 Å². The Balaban J connectivity index is 1.74. The lowest BCUT2D eigenvalue weighted by Crippen LogP contribution is -2.57. The van der Waals surface area contributed by atoms with Crippen molar-refractivity contribution in [1.82, 2.24) is 9.62 Å². The van der Waals surface area contributed by atoms with E-state index in [9.17, 15) is 8.42 Å². The number of nitrogens with one attached hydrogen (secondary N) is 1. The molecule has 0 spiro atoms. The fourth-order valence-electron chi connectivity index (χ4n) is 3.32. The van der Waals surface area contributed by atoms with Crippen LogP contribution in [0.25, 0.3) is 0 Å². The second-order valence-electron chi connectivity index (χ2n) is 6.22. The van der Waals surface area contributed by atoms with Crippen LogP contribution >= 0.6 is 0 Å². The first-order chi connectivity index (χ1) is 9.95. The summed E-state index contributed by atoms with van der Waals surface area (Å²) in [6.45, 7) is 4.93. The van der Waals surface area contributed by atoms with E-state index in [0.29, 0.717) is 10.8 Å². The molecule has 3 saturated heterocycles. The molecule has 0 saturated carbocycles. The Kier molecular flexibility index (Phi) is 4.05. The van der Waals surface area contributed by atoms with Crippen molar-refractivity contribution in [3.05, 3.63) is 29.8 Å². The Bertz CT molecular complexity index is 590. The van der Waals surface area contributed by atoms with Crippen molar-refractivity contribution in [1.29, 1.82) is 0 Å². The van der Waals surface area contributed by atoms with Gasteiger partial charge in [0.05, 0.1) is 4.90 Å². The van der Waals surface area contributed by atoms with E-state index in [-0.39, 0.29) is 12.1 Å². The molecular weight excluding hydrogens is 286 g/mol. The zero-order valence-corrected chi connectivity index (χ0v) is 13.1. The molecule has 116 valence electrons. The molecule has 1 aromatic rings. The molecular formula is C15H23N3O2S. The van der Waals surface area contributed by atoms with E-state index in [0.717, 1.165) is 38.0 Å². The van der Waals surface area contributed by atoms with Gasteiger partial charge in [-0.1, -0.05) is 12.1 Å². The Morgan fingerprint density at radius 2 is 1.86 bits per heavy atom. The third-order valence-corrected chi connectivity index (χ3v) is 6.18. The molecule has 0 radical (unpaired) electrons. The summed E-state index contributed by atoms with van der Waals surface area (Å²) in [4.78, 5) is 2.66. The zero-order chi connectivity index (χ0) is 15.0. The van der Waals surface area contributed by atoms with Crippen molar-refractivity contribution in [2.75, 3.05) is 19.6 Å². The van der Waals surface area contributed by atoms with Crippen LogP contribution in [0, 0.1) is 5.92 Å². The summed E-state index contributed by atoms with van der Waals surface area (Å²) < 4.78 is 27.9. The summed E-state index contributed by atoms with van der Waals surface area (Å²) >= 11 is 0. The third kappa shape index (κ3) is 3.13. The van der Waals surface area contributed by atoms with Crippen LogP contribution < -0.4 is 10.5 Å². The number of nitrogens with two attached hydrogens (primary N) is 1. The lowest BCUT2D eigenvalue weighted by Gasteiger charge is -2.44. The van der Waals surface area contributed by atoms with Crippen molar-refractivity contribution in [2.45, 2.75) is 36.7 Å². The number of hydrogen-bond acceptors (Lipinski definition) is 4. The number of rotatable bonds is 4. The highest BCUT2D eigenvalue weighted by atomic mass is 32.2. The van der Waals surface area contributed by atoms with Crippen LogP contribution in [-0.2, 0) is 10.0 Å². The van der Waals surface area contributed by atoms with E-state index >= 15 is 0 Å². The standard InChI is InChI=1S/C15H23N3O2S/c1-11(16)12-2-4-14(5-3-12)21(19,20)17-15-10-18-8-6-13(15)7-9-18/h2-5,11,13,15,17H,6-10,16H2,1H3. The molecule has 21 heavy (non-hydrogen) atoms. The smallest absolute Gasteiger partial charge is 0.240 e. The van der Waals surface area contributed by atoms with Crippen molar-refractivity contribution in [3.63, 3.8) is 0 Å². The number of fused-ring (bicyclic) bond motifs is 3. The van der Waals surface area contributed by atoms with Crippen LogP contribution in [0.15, 0.2) is 29.2 Å². The lowest BCUT2D eigenvalue weighted by molar-refractivity contribution is 0.0827. The van der Waals surface area contributed by atoms with Crippen molar-refractivity contribution in [2.24, 2.45) is 11.7 Å². The summed E-state index contributed by atoms with van der Waals surface area (Å²) in [5.74, 6) is 0.480. The molecule has 4 rings (SSSR count). The number of hydrogen-bond donors (Lipinski definition) is 2. The largest absolute Gasteiger partial charge is 0.324 e. The van der Waals surface area contributed by atoms with Crippen LogP contribution in [0.1, 0.15) is 31.4 Å². The maximum absolute atomic E-state index is 12.5. The van der Waals surface area contributed by atoms with Gasteiger partial charge in [-0.05, 0) is 56.5 Å². The van der Waals surface area contributed by atoms with E-state index in [1.165, 1.54) is 0 Å². The average molecular weight is 309 g/mol. The Morgan fingerprint density at radius 3 is 2.33 bits per heavy atom. The molecule has 3 N–H and O–H groups in total. The first kappa shape index (κ1) is 15.0. The minimum Gasteiger partial charge on any atom is -0.324 e. The first-order valence-electron chi connectivity index (χ1n) is 7.56. The molecule has 1 aromatic carbocycles. The van der Waals surface area contributed by atoms with E-state index in [4.69, 9.17) is 5.73 Å². The topological polar surface area (TPSA) is 75.4 Å². The summed E-state index contributed by atoms with van der Waals surface area (Å²) in [5.41, 5.74) is 6.73. The Morgan fingerprint density at radius 1 is 1.24 bits per heavy atom. The van der Waals surface area contributed by atoms with Gasteiger partial charge < -0.3 is 10.6 Å². The summed E-state index contributed by atoms with van der Waals surface area (Å²) in [6, 6.07) is 6.82. The SMILES string of the molecule is CC(N)c1ccc(S(=O)(=O)NC2CN3CCC2CC3)cc1. The maximum atomic E-state index is 12.5. The molecule has 5 nitrogen and oxygen atoms in total. The second-order valence-corrected chi connectivity index (χ2v) is 7.94. The van der Waals surface area contributed by atoms with Gasteiger partial charge in [0.1, 0.15) is 0 Å². The van der Waals surface area contributed by atoms with Crippen molar-refractivity contribution < 1.29 is 8.42 Å². The molecule has 2 bridgehead atoms. The highest BCUT2D eigenvalue weighted by Gasteiger charge is 2.36. The second kappa shape index (κ2) is 5.68. The minimum atomic E-state index is -3.44. The Labute approximate surface area is 126 Å². The first-order valence-corrected chi connectivity index (χ1v) is 9.04. The van der Waals surface area contributed by atoms with Crippen LogP contribution in [-0.4, -0.2) is 39.0 Å². The van der Waals surface area contributed by atoms with Gasteiger partial charge in [-0.3, -0.25) is 0 Å². The quantitative estimate of drug-likeness (QED) is 0.872. The van der Waals surface area contributed by atoms with E-state index < -0.39 is 10.0 Å². The van der Waals surface area contributed by atoms with Crippen LogP contribution in [0.2, 0.25) is 0 Å². The third-order valence-electron chi connectivity index (χ3n) is 4.68. The van der Waals surface area contributed by atoms with Gasteiger partial charge in [-0.25, -0.2) is 13.1 Å². The molecule has 0 amide bonds. The predicted octanol–water partition coefficient (Wildman–Crippen LogP) is 1.08. The molecule has 0 aromatic heterocycles. The van der Waals surface area contributed by atoms with Crippen LogP contribution in [0.3, 0.4) is 0 Å². The molecule has 3 aliphatic rings. The monoisotopic (exact) mass is 309 g/mol. The molecule has 6 heteroatoms. The zero-order valence-electron chi connectivity index (χ0n) is 12.3. The fourth-order valence-corrected chi connectivity index (χ4v) is 4.61. The number of piperidine rings is 3. The number of sulfonamides is 1. The molecule has 2 unspecified atom stereocenters. The molecule has 3 fully saturated rings. The number of nitrogens with zero attached hydrogens (tertiary/aromatic N) is 1. The highest BCUT2D eigenvalue weighted by molar-refractivity contribution is 7.89. The van der Waals surface area contributed by atoms with Gasteiger partial charge in [-0.15, -0.1) is 0 Å². The van der Waals surface area contributed by atoms with E-state index in [2.05, 4.69) is 9.62 Å². The van der Waals surface area contributed by atoms with Gasteiger partial charge in [-0.2, -0.15) is 0 Å². The maximum Gasteiger partial charge on any atom is 0.240 e. The van der Waals surface area contributed by atoms with Gasteiger partial charge >= 0.3 is 0 Å². The lowest BCUT2D eigenvalue weighted by atomic mass is 9.85.